The standard InChI is InChI=1S/C20H15N3O3S/c1-25-16-9-7-15(8-10-16)19(24)26-21-13-17-18(14-5-3-2-4-6-14)22-20-23(17)11-12-27-20/h2-13H,1H3/b21-13-. The number of carbonyl (C=O) groups excluding carboxylic acids is 1. The molecule has 0 fully saturated rings. The summed E-state index contributed by atoms with van der Waals surface area (Å²) in [7, 11) is 1.57. The van der Waals surface area contributed by atoms with Crippen molar-refractivity contribution in [3.63, 3.8) is 0 Å². The van der Waals surface area contributed by atoms with Crippen molar-refractivity contribution < 1.29 is 14.4 Å². The maximum absolute atomic E-state index is 12.1. The molecule has 2 aromatic carbocycles. The van der Waals surface area contributed by atoms with E-state index in [0.717, 1.165) is 21.9 Å². The van der Waals surface area contributed by atoms with Crippen LogP contribution in [0.5, 0.6) is 5.75 Å². The Kier molecular flexibility index (Phi) is 4.67. The lowest BCUT2D eigenvalue weighted by atomic mass is 10.1. The molecule has 0 aliphatic rings. The van der Waals surface area contributed by atoms with Gasteiger partial charge >= 0.3 is 5.97 Å². The van der Waals surface area contributed by atoms with Gasteiger partial charge in [-0.1, -0.05) is 35.5 Å². The number of hydrogen-bond acceptors (Lipinski definition) is 6. The Morgan fingerprint density at radius 2 is 1.93 bits per heavy atom. The Morgan fingerprint density at radius 1 is 1.15 bits per heavy atom. The summed E-state index contributed by atoms with van der Waals surface area (Å²) in [6, 6.07) is 16.5. The number of nitrogens with zero attached hydrogens (tertiary/aromatic N) is 3. The first kappa shape index (κ1) is 17.0. The van der Waals surface area contributed by atoms with Crippen LogP contribution < -0.4 is 4.74 Å². The van der Waals surface area contributed by atoms with Gasteiger partial charge in [0, 0.05) is 17.1 Å². The van der Waals surface area contributed by atoms with Crippen LogP contribution in [0.25, 0.3) is 16.2 Å². The van der Waals surface area contributed by atoms with Gasteiger partial charge in [0.25, 0.3) is 0 Å². The van der Waals surface area contributed by atoms with Crippen molar-refractivity contribution in [2.45, 2.75) is 0 Å². The monoisotopic (exact) mass is 377 g/mol. The average Bonchev–Trinajstić information content (AvgIpc) is 3.31. The topological polar surface area (TPSA) is 65.2 Å². The van der Waals surface area contributed by atoms with Crippen LogP contribution in [-0.2, 0) is 4.84 Å². The highest BCUT2D eigenvalue weighted by atomic mass is 32.1. The van der Waals surface area contributed by atoms with Gasteiger partial charge in [-0.2, -0.15) is 0 Å². The van der Waals surface area contributed by atoms with Crippen molar-refractivity contribution in [3.8, 4) is 17.0 Å². The van der Waals surface area contributed by atoms with Crippen LogP contribution in [0.1, 0.15) is 16.1 Å². The van der Waals surface area contributed by atoms with Gasteiger partial charge in [0.15, 0.2) is 4.96 Å². The normalized spacial score (nSPS) is 11.1. The van der Waals surface area contributed by atoms with E-state index in [2.05, 4.69) is 10.1 Å². The molecule has 0 aliphatic heterocycles. The highest BCUT2D eigenvalue weighted by Gasteiger charge is 2.14. The molecule has 134 valence electrons. The second-order valence-electron chi connectivity index (χ2n) is 5.61. The molecule has 27 heavy (non-hydrogen) atoms. The van der Waals surface area contributed by atoms with Crippen molar-refractivity contribution in [2.75, 3.05) is 7.11 Å². The molecule has 0 atom stereocenters. The molecule has 0 radical (unpaired) electrons. The molecular weight excluding hydrogens is 362 g/mol. The van der Waals surface area contributed by atoms with Crippen molar-refractivity contribution >= 4 is 28.5 Å². The lowest BCUT2D eigenvalue weighted by Crippen LogP contribution is -2.01. The number of aromatic nitrogens is 2. The zero-order chi connectivity index (χ0) is 18.6. The maximum Gasteiger partial charge on any atom is 0.365 e. The first-order chi connectivity index (χ1) is 13.3. The third-order valence-electron chi connectivity index (χ3n) is 3.98. The smallest absolute Gasteiger partial charge is 0.365 e. The lowest BCUT2D eigenvalue weighted by Gasteiger charge is -2.01. The summed E-state index contributed by atoms with van der Waals surface area (Å²) in [6.45, 7) is 0. The first-order valence-electron chi connectivity index (χ1n) is 8.16. The molecule has 0 amide bonds. The Balaban J connectivity index is 1.59. The van der Waals surface area contributed by atoms with E-state index in [1.54, 1.807) is 31.4 Å². The predicted octanol–water partition coefficient (Wildman–Crippen LogP) is 4.26. The van der Waals surface area contributed by atoms with Crippen molar-refractivity contribution in [2.24, 2.45) is 5.16 Å². The van der Waals surface area contributed by atoms with Crippen LogP contribution in [0, 0.1) is 0 Å². The minimum absolute atomic E-state index is 0.394. The van der Waals surface area contributed by atoms with Gasteiger partial charge in [-0.05, 0) is 24.3 Å². The number of ether oxygens (including phenoxy) is 1. The number of fused-ring (bicyclic) bond motifs is 1. The van der Waals surface area contributed by atoms with Crippen LogP contribution in [0.4, 0.5) is 0 Å². The van der Waals surface area contributed by atoms with E-state index in [1.807, 2.05) is 46.3 Å². The third-order valence-corrected chi connectivity index (χ3v) is 4.74. The zero-order valence-electron chi connectivity index (χ0n) is 14.4. The number of methoxy groups -OCH3 is 1. The van der Waals surface area contributed by atoms with Crippen LogP contribution in [-0.4, -0.2) is 28.7 Å². The molecule has 0 saturated heterocycles. The highest BCUT2D eigenvalue weighted by molar-refractivity contribution is 7.15. The molecule has 0 bridgehead atoms. The molecule has 2 aromatic heterocycles. The Hall–Kier alpha value is -3.45. The molecule has 0 N–H and O–H groups in total. The molecule has 4 aromatic rings. The Bertz CT molecular complexity index is 1100. The molecule has 6 nitrogen and oxygen atoms in total. The summed E-state index contributed by atoms with van der Waals surface area (Å²) in [4.78, 5) is 22.7. The van der Waals surface area contributed by atoms with Crippen molar-refractivity contribution in [1.82, 2.24) is 9.38 Å². The second kappa shape index (κ2) is 7.43. The number of carbonyl (C=O) groups is 1. The van der Waals surface area contributed by atoms with E-state index in [1.165, 1.54) is 17.6 Å². The number of benzene rings is 2. The number of imidazole rings is 1. The van der Waals surface area contributed by atoms with Gasteiger partial charge in [-0.25, -0.2) is 9.78 Å². The maximum atomic E-state index is 12.1. The third kappa shape index (κ3) is 3.45. The van der Waals surface area contributed by atoms with Gasteiger partial charge in [0.1, 0.15) is 5.75 Å². The largest absolute Gasteiger partial charge is 0.497 e. The Morgan fingerprint density at radius 3 is 2.67 bits per heavy atom. The quantitative estimate of drug-likeness (QED) is 0.296. The van der Waals surface area contributed by atoms with E-state index in [0.29, 0.717) is 11.3 Å². The van der Waals surface area contributed by atoms with Gasteiger partial charge < -0.3 is 9.57 Å². The SMILES string of the molecule is COc1ccc(C(=O)O/N=C\c2c(-c3ccccc3)nc3sccn23)cc1. The lowest BCUT2D eigenvalue weighted by molar-refractivity contribution is 0.0519. The zero-order valence-corrected chi connectivity index (χ0v) is 15.2. The fraction of sp³-hybridized carbons (Fsp3) is 0.0500. The minimum atomic E-state index is -0.541. The highest BCUT2D eigenvalue weighted by Crippen LogP contribution is 2.25. The molecule has 0 aliphatic carbocycles. The van der Waals surface area contributed by atoms with E-state index in [-0.39, 0.29) is 0 Å². The molecule has 7 heteroatoms. The number of rotatable bonds is 5. The fourth-order valence-corrected chi connectivity index (χ4v) is 3.36. The van der Waals surface area contributed by atoms with Crippen LogP contribution in [0.2, 0.25) is 0 Å². The molecule has 0 saturated carbocycles. The van der Waals surface area contributed by atoms with E-state index in [4.69, 9.17) is 9.57 Å². The number of hydrogen-bond donors (Lipinski definition) is 0. The van der Waals surface area contributed by atoms with Gasteiger partial charge in [-0.3, -0.25) is 4.40 Å². The van der Waals surface area contributed by atoms with E-state index >= 15 is 0 Å². The average molecular weight is 377 g/mol. The summed E-state index contributed by atoms with van der Waals surface area (Å²) in [5.41, 5.74) is 2.90. The summed E-state index contributed by atoms with van der Waals surface area (Å²) < 4.78 is 6.99. The molecule has 2 heterocycles. The van der Waals surface area contributed by atoms with E-state index < -0.39 is 5.97 Å². The molecule has 0 spiro atoms. The van der Waals surface area contributed by atoms with Crippen LogP contribution in [0.3, 0.4) is 0 Å². The Labute approximate surface area is 159 Å². The van der Waals surface area contributed by atoms with Gasteiger partial charge in [-0.15, -0.1) is 11.3 Å². The van der Waals surface area contributed by atoms with Crippen LogP contribution in [0.15, 0.2) is 71.3 Å². The molecule has 0 unspecified atom stereocenters. The first-order valence-corrected chi connectivity index (χ1v) is 9.04. The summed E-state index contributed by atoms with van der Waals surface area (Å²) in [5.74, 6) is 0.128. The number of oxime groups is 1. The molecule has 4 rings (SSSR count). The van der Waals surface area contributed by atoms with Crippen LogP contribution >= 0.6 is 11.3 Å². The predicted molar refractivity (Wildman–Crippen MR) is 105 cm³/mol. The fourth-order valence-electron chi connectivity index (χ4n) is 2.64. The number of thiazole rings is 1. The summed E-state index contributed by atoms with van der Waals surface area (Å²) in [6.07, 6.45) is 3.42. The summed E-state index contributed by atoms with van der Waals surface area (Å²) in [5, 5.41) is 5.83. The van der Waals surface area contributed by atoms with Crippen molar-refractivity contribution in [1.29, 1.82) is 0 Å². The molecular formula is C20H15N3O3S. The van der Waals surface area contributed by atoms with Gasteiger partial charge in [0.2, 0.25) is 0 Å². The van der Waals surface area contributed by atoms with E-state index in [9.17, 15) is 4.79 Å². The minimum Gasteiger partial charge on any atom is -0.497 e. The second-order valence-corrected chi connectivity index (χ2v) is 6.48. The van der Waals surface area contributed by atoms with Crippen molar-refractivity contribution in [3.05, 3.63) is 77.4 Å². The van der Waals surface area contributed by atoms with Gasteiger partial charge in [0.05, 0.1) is 30.3 Å². The summed E-state index contributed by atoms with van der Waals surface area (Å²) >= 11 is 1.53.